The third-order valence-electron chi connectivity index (χ3n) is 4.63. The quantitative estimate of drug-likeness (QED) is 0.888. The molecule has 0 aliphatic heterocycles. The highest BCUT2D eigenvalue weighted by atomic mass is 32.2. The van der Waals surface area contributed by atoms with Crippen molar-refractivity contribution in [3.63, 3.8) is 0 Å². The van der Waals surface area contributed by atoms with E-state index in [0.29, 0.717) is 11.6 Å². The van der Waals surface area contributed by atoms with Gasteiger partial charge in [-0.05, 0) is 49.1 Å². The number of hydrogen-bond acceptors (Lipinski definition) is 3. The molecule has 2 fully saturated rings. The predicted octanol–water partition coefficient (Wildman–Crippen LogP) is 2.18. The van der Waals surface area contributed by atoms with Gasteiger partial charge in [0.25, 0.3) is 0 Å². The molecule has 3 rings (SSSR count). The topological polar surface area (TPSA) is 72.2 Å². The van der Waals surface area contributed by atoms with Crippen LogP contribution in [0, 0.1) is 17.8 Å². The van der Waals surface area contributed by atoms with Crippen molar-refractivity contribution < 1.29 is 8.42 Å². The molecule has 3 N–H and O–H groups in total. The van der Waals surface area contributed by atoms with Crippen molar-refractivity contribution >= 4 is 15.7 Å². The van der Waals surface area contributed by atoms with E-state index >= 15 is 0 Å². The summed E-state index contributed by atoms with van der Waals surface area (Å²) >= 11 is 0. The first-order chi connectivity index (χ1) is 9.04. The van der Waals surface area contributed by atoms with Crippen LogP contribution in [0.2, 0.25) is 0 Å². The van der Waals surface area contributed by atoms with Crippen molar-refractivity contribution in [2.75, 3.05) is 11.9 Å². The minimum atomic E-state index is -3.65. The van der Waals surface area contributed by atoms with Crippen LogP contribution in [0.3, 0.4) is 0 Å². The van der Waals surface area contributed by atoms with E-state index in [4.69, 9.17) is 5.14 Å². The summed E-state index contributed by atoms with van der Waals surface area (Å²) in [6.45, 7) is 0.855. The van der Waals surface area contributed by atoms with Gasteiger partial charge >= 0.3 is 0 Å². The fourth-order valence-corrected chi connectivity index (χ4v) is 4.44. The lowest BCUT2D eigenvalue weighted by molar-refractivity contribution is 0.348. The molecular weight excluding hydrogens is 260 g/mol. The lowest BCUT2D eigenvalue weighted by Crippen LogP contribution is -2.22. The number of nitrogens with one attached hydrogen (secondary N) is 1. The van der Waals surface area contributed by atoms with Gasteiger partial charge in [-0.3, -0.25) is 0 Å². The Labute approximate surface area is 114 Å². The molecule has 5 heteroatoms. The van der Waals surface area contributed by atoms with E-state index in [0.717, 1.165) is 18.4 Å². The number of primary sulfonamides is 1. The Morgan fingerprint density at radius 1 is 1.21 bits per heavy atom. The Balaban J connectivity index is 1.71. The van der Waals surface area contributed by atoms with Gasteiger partial charge in [0.1, 0.15) is 4.90 Å². The molecule has 0 spiro atoms. The average molecular weight is 280 g/mol. The third kappa shape index (κ3) is 2.62. The lowest BCUT2D eigenvalue weighted by atomic mass is 9.89. The molecule has 2 aliphatic rings. The molecule has 2 bridgehead atoms. The average Bonchev–Trinajstić information content (AvgIpc) is 2.97. The SMILES string of the molecule is NS(=O)(=O)c1ccccc1NCC1CC2CCC1C2. The Bertz CT molecular complexity index is 571. The molecule has 1 aromatic rings. The van der Waals surface area contributed by atoms with Gasteiger partial charge < -0.3 is 5.32 Å². The first-order valence-corrected chi connectivity index (χ1v) is 8.44. The molecule has 2 aliphatic carbocycles. The van der Waals surface area contributed by atoms with E-state index in [1.165, 1.54) is 25.7 Å². The second-order valence-corrected chi connectivity index (χ2v) is 7.39. The lowest BCUT2D eigenvalue weighted by Gasteiger charge is -2.23. The molecule has 0 saturated heterocycles. The van der Waals surface area contributed by atoms with E-state index in [1.54, 1.807) is 18.2 Å². The highest BCUT2D eigenvalue weighted by Gasteiger charge is 2.39. The van der Waals surface area contributed by atoms with Crippen LogP contribution >= 0.6 is 0 Å². The summed E-state index contributed by atoms with van der Waals surface area (Å²) in [5, 5.41) is 8.52. The second-order valence-electron chi connectivity index (χ2n) is 5.86. The zero-order valence-corrected chi connectivity index (χ0v) is 11.7. The van der Waals surface area contributed by atoms with Gasteiger partial charge in [0.15, 0.2) is 0 Å². The summed E-state index contributed by atoms with van der Waals surface area (Å²) in [5.41, 5.74) is 0.632. The van der Waals surface area contributed by atoms with E-state index in [1.807, 2.05) is 6.07 Å². The number of sulfonamides is 1. The highest BCUT2D eigenvalue weighted by molar-refractivity contribution is 7.89. The number of benzene rings is 1. The molecule has 19 heavy (non-hydrogen) atoms. The summed E-state index contributed by atoms with van der Waals surface area (Å²) in [4.78, 5) is 0.193. The van der Waals surface area contributed by atoms with E-state index in [2.05, 4.69) is 5.32 Å². The van der Waals surface area contributed by atoms with Crippen molar-refractivity contribution in [3.8, 4) is 0 Å². The fraction of sp³-hybridized carbons (Fsp3) is 0.571. The Morgan fingerprint density at radius 3 is 2.63 bits per heavy atom. The highest BCUT2D eigenvalue weighted by Crippen LogP contribution is 2.48. The number of para-hydroxylation sites is 1. The summed E-state index contributed by atoms with van der Waals surface area (Å²) in [7, 11) is -3.65. The maximum atomic E-state index is 11.5. The maximum Gasteiger partial charge on any atom is 0.240 e. The van der Waals surface area contributed by atoms with Crippen LogP contribution in [-0.4, -0.2) is 15.0 Å². The molecule has 3 unspecified atom stereocenters. The van der Waals surface area contributed by atoms with Crippen molar-refractivity contribution in [3.05, 3.63) is 24.3 Å². The Kier molecular flexibility index (Phi) is 3.27. The molecule has 104 valence electrons. The minimum absolute atomic E-state index is 0.193. The molecule has 0 heterocycles. The van der Waals surface area contributed by atoms with Gasteiger partial charge in [-0.2, -0.15) is 0 Å². The van der Waals surface area contributed by atoms with E-state index < -0.39 is 10.0 Å². The van der Waals surface area contributed by atoms with Crippen LogP contribution in [0.15, 0.2) is 29.2 Å². The second kappa shape index (κ2) is 4.80. The van der Waals surface area contributed by atoms with Crippen LogP contribution in [0.1, 0.15) is 25.7 Å². The first kappa shape index (κ1) is 12.9. The molecule has 0 amide bonds. The molecule has 1 aromatic carbocycles. The predicted molar refractivity (Wildman–Crippen MR) is 75.2 cm³/mol. The number of rotatable bonds is 4. The molecule has 3 atom stereocenters. The van der Waals surface area contributed by atoms with Crippen molar-refractivity contribution in [1.82, 2.24) is 0 Å². The van der Waals surface area contributed by atoms with Crippen LogP contribution in [0.4, 0.5) is 5.69 Å². The number of hydrogen-bond donors (Lipinski definition) is 2. The molecular formula is C14H20N2O2S. The zero-order chi connectivity index (χ0) is 13.5. The van der Waals surface area contributed by atoms with E-state index in [-0.39, 0.29) is 4.90 Å². The van der Waals surface area contributed by atoms with Crippen LogP contribution in [-0.2, 0) is 10.0 Å². The van der Waals surface area contributed by atoms with Crippen LogP contribution < -0.4 is 10.5 Å². The summed E-state index contributed by atoms with van der Waals surface area (Å²) in [6, 6.07) is 6.87. The van der Waals surface area contributed by atoms with Crippen LogP contribution in [0.5, 0.6) is 0 Å². The van der Waals surface area contributed by atoms with Crippen molar-refractivity contribution in [2.45, 2.75) is 30.6 Å². The normalized spacial score (nSPS) is 29.6. The van der Waals surface area contributed by atoms with Gasteiger partial charge in [-0.15, -0.1) is 0 Å². The minimum Gasteiger partial charge on any atom is -0.384 e. The molecule has 2 saturated carbocycles. The first-order valence-electron chi connectivity index (χ1n) is 6.90. The maximum absolute atomic E-state index is 11.5. The largest absolute Gasteiger partial charge is 0.384 e. The van der Waals surface area contributed by atoms with Gasteiger partial charge in [0.2, 0.25) is 10.0 Å². The van der Waals surface area contributed by atoms with Gasteiger partial charge in [-0.25, -0.2) is 13.6 Å². The summed E-state index contributed by atoms with van der Waals surface area (Å²) in [5.74, 6) is 2.43. The van der Waals surface area contributed by atoms with Crippen molar-refractivity contribution in [1.29, 1.82) is 0 Å². The monoisotopic (exact) mass is 280 g/mol. The Morgan fingerprint density at radius 2 is 2.00 bits per heavy atom. The number of anilines is 1. The standard InChI is InChI=1S/C14H20N2O2S/c15-19(17,18)14-4-2-1-3-13(14)16-9-12-8-10-5-6-11(12)7-10/h1-4,10-12,16H,5-9H2,(H2,15,17,18). The van der Waals surface area contributed by atoms with E-state index in [9.17, 15) is 8.42 Å². The summed E-state index contributed by atoms with van der Waals surface area (Å²) < 4.78 is 23.0. The summed E-state index contributed by atoms with van der Waals surface area (Å²) in [6.07, 6.45) is 5.38. The zero-order valence-electron chi connectivity index (χ0n) is 10.9. The third-order valence-corrected chi connectivity index (χ3v) is 5.60. The Hall–Kier alpha value is -1.07. The number of fused-ring (bicyclic) bond motifs is 2. The molecule has 0 aromatic heterocycles. The molecule has 4 nitrogen and oxygen atoms in total. The fourth-order valence-electron chi connectivity index (χ4n) is 3.73. The smallest absolute Gasteiger partial charge is 0.240 e. The van der Waals surface area contributed by atoms with Gasteiger partial charge in [0.05, 0.1) is 5.69 Å². The molecule has 0 radical (unpaired) electrons. The number of nitrogens with two attached hydrogens (primary N) is 1. The van der Waals surface area contributed by atoms with Gasteiger partial charge in [0, 0.05) is 6.54 Å². The van der Waals surface area contributed by atoms with Crippen molar-refractivity contribution in [2.24, 2.45) is 22.9 Å². The van der Waals surface area contributed by atoms with Crippen LogP contribution in [0.25, 0.3) is 0 Å². The van der Waals surface area contributed by atoms with Gasteiger partial charge in [-0.1, -0.05) is 18.6 Å².